The molecule has 1 aliphatic heterocycles. The summed E-state index contributed by atoms with van der Waals surface area (Å²) < 4.78 is 5.61. The normalized spacial score (nSPS) is 24.3. The highest BCUT2D eigenvalue weighted by atomic mass is 16.5. The van der Waals surface area contributed by atoms with Crippen molar-refractivity contribution >= 4 is 5.95 Å². The van der Waals surface area contributed by atoms with Crippen LogP contribution in [-0.4, -0.2) is 41.8 Å². The fourth-order valence-corrected chi connectivity index (χ4v) is 2.04. The molecule has 1 aromatic rings. The molecule has 1 N–H and O–H groups in total. The molecule has 0 radical (unpaired) electrons. The molecule has 0 aliphatic carbocycles. The van der Waals surface area contributed by atoms with Crippen LogP contribution in [0.2, 0.25) is 0 Å². The van der Waals surface area contributed by atoms with E-state index in [0.29, 0.717) is 6.04 Å². The summed E-state index contributed by atoms with van der Waals surface area (Å²) in [5, 5.41) is 3.27. The molecule has 100 valence electrons. The minimum Gasteiger partial charge on any atom is -0.375 e. The number of aromatic nitrogens is 2. The van der Waals surface area contributed by atoms with Crippen molar-refractivity contribution in [1.82, 2.24) is 15.3 Å². The lowest BCUT2D eigenvalue weighted by Gasteiger charge is -2.36. The first-order chi connectivity index (χ1) is 8.70. The second-order valence-electron chi connectivity index (χ2n) is 4.82. The van der Waals surface area contributed by atoms with Gasteiger partial charge in [-0.3, -0.25) is 0 Å². The Morgan fingerprint density at radius 1 is 1.39 bits per heavy atom. The van der Waals surface area contributed by atoms with Gasteiger partial charge in [0.05, 0.1) is 18.8 Å². The van der Waals surface area contributed by atoms with E-state index in [4.69, 9.17) is 4.74 Å². The van der Waals surface area contributed by atoms with Gasteiger partial charge in [-0.1, -0.05) is 6.92 Å². The highest BCUT2D eigenvalue weighted by molar-refractivity contribution is 5.32. The van der Waals surface area contributed by atoms with Crippen molar-refractivity contribution in [3.8, 4) is 0 Å². The third-order valence-corrected chi connectivity index (χ3v) is 3.14. The number of ether oxygens (including phenoxy) is 1. The van der Waals surface area contributed by atoms with Gasteiger partial charge in [0.1, 0.15) is 0 Å². The summed E-state index contributed by atoms with van der Waals surface area (Å²) in [6, 6.07) is 0.334. The Labute approximate surface area is 109 Å². The molecule has 1 saturated heterocycles. The number of hydrogen-bond donors (Lipinski definition) is 1. The van der Waals surface area contributed by atoms with Crippen LogP contribution in [0, 0.1) is 0 Å². The van der Waals surface area contributed by atoms with E-state index in [9.17, 15) is 0 Å². The zero-order chi connectivity index (χ0) is 13.0. The topological polar surface area (TPSA) is 50.3 Å². The molecule has 0 saturated carbocycles. The molecule has 1 aromatic heterocycles. The summed E-state index contributed by atoms with van der Waals surface area (Å²) in [6.07, 6.45) is 4.04. The van der Waals surface area contributed by atoms with Gasteiger partial charge >= 0.3 is 0 Å². The SMILES string of the molecule is CCNCc1cnc(N2CC(C)OCC2C)nc1. The second-order valence-corrected chi connectivity index (χ2v) is 4.82. The molecule has 0 amide bonds. The van der Waals surface area contributed by atoms with Gasteiger partial charge in [-0.15, -0.1) is 0 Å². The van der Waals surface area contributed by atoms with E-state index in [1.54, 1.807) is 0 Å². The van der Waals surface area contributed by atoms with Crippen molar-refractivity contribution in [1.29, 1.82) is 0 Å². The van der Waals surface area contributed by atoms with Gasteiger partial charge in [0, 0.05) is 31.0 Å². The average Bonchev–Trinajstić information content (AvgIpc) is 2.40. The van der Waals surface area contributed by atoms with Crippen molar-refractivity contribution in [2.24, 2.45) is 0 Å². The van der Waals surface area contributed by atoms with Gasteiger partial charge in [0.2, 0.25) is 5.95 Å². The maximum absolute atomic E-state index is 5.61. The minimum absolute atomic E-state index is 0.242. The maximum Gasteiger partial charge on any atom is 0.225 e. The fraction of sp³-hybridized carbons (Fsp3) is 0.692. The molecule has 0 bridgehead atoms. The Hall–Kier alpha value is -1.20. The minimum atomic E-state index is 0.242. The molecule has 0 aromatic carbocycles. The fourth-order valence-electron chi connectivity index (χ4n) is 2.04. The number of rotatable bonds is 4. The van der Waals surface area contributed by atoms with Crippen LogP contribution in [0.3, 0.4) is 0 Å². The summed E-state index contributed by atoms with van der Waals surface area (Å²) in [4.78, 5) is 11.1. The molecule has 2 heterocycles. The molecule has 18 heavy (non-hydrogen) atoms. The molecule has 2 unspecified atom stereocenters. The Balaban J connectivity index is 2.03. The van der Waals surface area contributed by atoms with Crippen LogP contribution in [0.5, 0.6) is 0 Å². The molecular formula is C13H22N4O. The van der Waals surface area contributed by atoms with Crippen molar-refractivity contribution < 1.29 is 4.74 Å². The second kappa shape index (κ2) is 6.11. The van der Waals surface area contributed by atoms with Crippen LogP contribution in [-0.2, 0) is 11.3 Å². The summed E-state index contributed by atoms with van der Waals surface area (Å²) in [5.74, 6) is 0.804. The van der Waals surface area contributed by atoms with E-state index in [0.717, 1.165) is 37.8 Å². The summed E-state index contributed by atoms with van der Waals surface area (Å²) in [5.41, 5.74) is 1.12. The summed E-state index contributed by atoms with van der Waals surface area (Å²) in [7, 11) is 0. The lowest BCUT2D eigenvalue weighted by molar-refractivity contribution is 0.0337. The van der Waals surface area contributed by atoms with Gasteiger partial charge in [0.15, 0.2) is 0 Å². The number of nitrogens with one attached hydrogen (secondary N) is 1. The molecule has 5 heteroatoms. The van der Waals surface area contributed by atoms with Crippen molar-refractivity contribution in [2.75, 3.05) is 24.6 Å². The van der Waals surface area contributed by atoms with E-state index in [2.05, 4.69) is 41.0 Å². The zero-order valence-corrected chi connectivity index (χ0v) is 11.4. The van der Waals surface area contributed by atoms with E-state index >= 15 is 0 Å². The van der Waals surface area contributed by atoms with Crippen LogP contribution in [0.15, 0.2) is 12.4 Å². The van der Waals surface area contributed by atoms with E-state index in [-0.39, 0.29) is 6.10 Å². The summed E-state index contributed by atoms with van der Waals surface area (Å²) >= 11 is 0. The largest absolute Gasteiger partial charge is 0.375 e. The number of anilines is 1. The van der Waals surface area contributed by atoms with Crippen LogP contribution >= 0.6 is 0 Å². The smallest absolute Gasteiger partial charge is 0.225 e. The number of morpholine rings is 1. The predicted molar refractivity (Wildman–Crippen MR) is 71.6 cm³/mol. The van der Waals surface area contributed by atoms with Crippen LogP contribution in [0.1, 0.15) is 26.3 Å². The first-order valence-corrected chi connectivity index (χ1v) is 6.60. The Kier molecular flexibility index (Phi) is 4.49. The Bertz CT molecular complexity index is 368. The van der Waals surface area contributed by atoms with Crippen molar-refractivity contribution in [3.63, 3.8) is 0 Å². The first kappa shape index (κ1) is 13.2. The quantitative estimate of drug-likeness (QED) is 0.870. The van der Waals surface area contributed by atoms with Gasteiger partial charge in [-0.2, -0.15) is 0 Å². The van der Waals surface area contributed by atoms with Crippen LogP contribution in [0.4, 0.5) is 5.95 Å². The molecule has 1 fully saturated rings. The Morgan fingerprint density at radius 3 is 2.78 bits per heavy atom. The van der Waals surface area contributed by atoms with E-state index in [1.165, 1.54) is 0 Å². The highest BCUT2D eigenvalue weighted by Crippen LogP contribution is 2.17. The number of hydrogen-bond acceptors (Lipinski definition) is 5. The molecule has 2 rings (SSSR count). The Morgan fingerprint density at radius 2 is 2.11 bits per heavy atom. The average molecular weight is 250 g/mol. The molecule has 2 atom stereocenters. The monoisotopic (exact) mass is 250 g/mol. The lowest BCUT2D eigenvalue weighted by atomic mass is 10.2. The van der Waals surface area contributed by atoms with E-state index < -0.39 is 0 Å². The third kappa shape index (κ3) is 3.17. The third-order valence-electron chi connectivity index (χ3n) is 3.14. The van der Waals surface area contributed by atoms with Crippen molar-refractivity contribution in [2.45, 2.75) is 39.5 Å². The van der Waals surface area contributed by atoms with Crippen LogP contribution < -0.4 is 10.2 Å². The highest BCUT2D eigenvalue weighted by Gasteiger charge is 2.25. The summed E-state index contributed by atoms with van der Waals surface area (Å²) in [6.45, 7) is 9.69. The van der Waals surface area contributed by atoms with E-state index in [1.807, 2.05) is 12.4 Å². The maximum atomic E-state index is 5.61. The van der Waals surface area contributed by atoms with Gasteiger partial charge < -0.3 is 15.0 Å². The molecule has 0 spiro atoms. The number of nitrogens with zero attached hydrogens (tertiary/aromatic N) is 3. The molecule has 1 aliphatic rings. The molecular weight excluding hydrogens is 228 g/mol. The zero-order valence-electron chi connectivity index (χ0n) is 11.4. The van der Waals surface area contributed by atoms with Gasteiger partial charge in [-0.25, -0.2) is 9.97 Å². The predicted octanol–water partition coefficient (Wildman–Crippen LogP) is 1.20. The first-order valence-electron chi connectivity index (χ1n) is 6.60. The molecule has 5 nitrogen and oxygen atoms in total. The standard InChI is InChI=1S/C13H22N4O/c1-4-14-5-12-6-15-13(16-7-12)17-8-11(3)18-9-10(17)2/h6-7,10-11,14H,4-5,8-9H2,1-3H3. The lowest BCUT2D eigenvalue weighted by Crippen LogP contribution is -2.48. The van der Waals surface area contributed by atoms with Crippen molar-refractivity contribution in [3.05, 3.63) is 18.0 Å². The van der Waals surface area contributed by atoms with Gasteiger partial charge in [0.25, 0.3) is 0 Å². The van der Waals surface area contributed by atoms with Crippen LogP contribution in [0.25, 0.3) is 0 Å². The van der Waals surface area contributed by atoms with Gasteiger partial charge in [-0.05, 0) is 20.4 Å².